The number of carbonyl (C=O) groups excluding carboxylic acids is 2. The zero-order chi connectivity index (χ0) is 24.1. The van der Waals surface area contributed by atoms with E-state index in [0.29, 0.717) is 24.6 Å². The molecule has 11 heteroatoms. The fourth-order valence-electron chi connectivity index (χ4n) is 4.10. The third-order valence-corrected chi connectivity index (χ3v) is 6.47. The van der Waals surface area contributed by atoms with E-state index in [1.807, 2.05) is 41.3 Å². The van der Waals surface area contributed by atoms with Crippen LogP contribution in [0.1, 0.15) is 35.8 Å². The van der Waals surface area contributed by atoms with E-state index in [-0.39, 0.29) is 31.1 Å². The van der Waals surface area contributed by atoms with Crippen LogP contribution in [-0.4, -0.2) is 55.0 Å². The number of nitrogens with zero attached hydrogens (tertiary/aromatic N) is 6. The van der Waals surface area contributed by atoms with E-state index in [4.69, 9.17) is 5.73 Å². The number of carbonyl (C=O) groups is 2. The summed E-state index contributed by atoms with van der Waals surface area (Å²) in [4.78, 5) is 30.9. The van der Waals surface area contributed by atoms with Crippen molar-refractivity contribution in [1.29, 1.82) is 0 Å². The molecule has 1 fully saturated rings. The number of hydrogen-bond donors (Lipinski definition) is 2. The summed E-state index contributed by atoms with van der Waals surface area (Å²) >= 11 is 3.59. The van der Waals surface area contributed by atoms with E-state index in [2.05, 4.69) is 36.7 Å². The van der Waals surface area contributed by atoms with Crippen LogP contribution >= 0.6 is 15.9 Å². The predicted molar refractivity (Wildman–Crippen MR) is 130 cm³/mol. The van der Waals surface area contributed by atoms with Crippen LogP contribution in [0.4, 0.5) is 10.5 Å². The average Bonchev–Trinajstić information content (AvgIpc) is 3.47. The first kappa shape index (κ1) is 23.7. The number of aryl methyl sites for hydroxylation is 1. The lowest BCUT2D eigenvalue weighted by molar-refractivity contribution is -0.131. The van der Waals surface area contributed by atoms with E-state index >= 15 is 0 Å². The molecule has 1 aliphatic rings. The number of benzene rings is 2. The Balaban J connectivity index is 1.42. The highest BCUT2D eigenvalue weighted by Gasteiger charge is 2.31. The zero-order valence-corrected chi connectivity index (χ0v) is 20.5. The summed E-state index contributed by atoms with van der Waals surface area (Å²) in [6.45, 7) is 1.04. The van der Waals surface area contributed by atoms with Gasteiger partial charge in [0.25, 0.3) is 0 Å². The molecule has 1 aromatic heterocycles. The third-order valence-electron chi connectivity index (χ3n) is 5.75. The molecule has 0 aliphatic carbocycles. The Hall–Kier alpha value is -3.47. The molecule has 10 nitrogen and oxygen atoms in total. The maximum Gasteiger partial charge on any atom is 0.318 e. The van der Waals surface area contributed by atoms with Crippen LogP contribution in [-0.2, 0) is 24.9 Å². The molecule has 3 N–H and O–H groups in total. The maximum absolute atomic E-state index is 13.1. The average molecular weight is 527 g/mol. The second-order valence-electron chi connectivity index (χ2n) is 8.22. The first-order chi connectivity index (χ1) is 16.4. The first-order valence-electron chi connectivity index (χ1n) is 11.0. The minimum Gasteiger partial charge on any atom is -0.399 e. The van der Waals surface area contributed by atoms with Gasteiger partial charge < -0.3 is 20.9 Å². The number of anilines is 1. The lowest BCUT2D eigenvalue weighted by Gasteiger charge is -2.27. The van der Waals surface area contributed by atoms with Crippen molar-refractivity contribution in [3.63, 3.8) is 0 Å². The van der Waals surface area contributed by atoms with Gasteiger partial charge in [0.2, 0.25) is 5.91 Å². The normalized spacial score (nSPS) is 15.4. The molecule has 0 spiro atoms. The number of nitrogens with two attached hydrogens (primary N) is 1. The molecule has 0 radical (unpaired) electrons. The van der Waals surface area contributed by atoms with Crippen LogP contribution < -0.4 is 11.1 Å². The lowest BCUT2D eigenvalue weighted by Crippen LogP contribution is -2.45. The number of hydrogen-bond acceptors (Lipinski definition) is 6. The van der Waals surface area contributed by atoms with E-state index in [9.17, 15) is 9.59 Å². The molecule has 0 saturated carbocycles. The summed E-state index contributed by atoms with van der Waals surface area (Å²) in [5, 5.41) is 14.8. The van der Waals surface area contributed by atoms with E-state index in [0.717, 1.165) is 28.4 Å². The van der Waals surface area contributed by atoms with Gasteiger partial charge in [-0.25, -0.2) is 4.79 Å². The van der Waals surface area contributed by atoms with Crippen molar-refractivity contribution in [2.45, 2.75) is 32.0 Å². The molecule has 34 heavy (non-hydrogen) atoms. The van der Waals surface area contributed by atoms with E-state index in [1.54, 1.807) is 24.1 Å². The van der Waals surface area contributed by atoms with Crippen LogP contribution in [0.25, 0.3) is 0 Å². The first-order valence-corrected chi connectivity index (χ1v) is 11.8. The molecule has 4 rings (SSSR count). The molecule has 1 aliphatic heterocycles. The highest BCUT2D eigenvalue weighted by molar-refractivity contribution is 9.10. The molecular weight excluding hydrogens is 500 g/mol. The van der Waals surface area contributed by atoms with Crippen molar-refractivity contribution in [1.82, 2.24) is 35.3 Å². The Morgan fingerprint density at radius 3 is 2.65 bits per heavy atom. The smallest absolute Gasteiger partial charge is 0.318 e. The lowest BCUT2D eigenvalue weighted by atomic mass is 10.0. The van der Waals surface area contributed by atoms with Gasteiger partial charge in [-0.3, -0.25) is 4.79 Å². The Morgan fingerprint density at radius 2 is 1.94 bits per heavy atom. The number of rotatable bonds is 7. The minimum absolute atomic E-state index is 0.00495. The molecular formula is C23H27BrN8O2. The standard InChI is InChI=1S/C23H27BrN8O2/c1-30-28-21(27-29-30)15-31(14-16-8-10-17(25)11-9-16)23(34)26-13-22(33)32-12-4-7-20(32)18-5-2-3-6-19(18)24/h2-3,5-6,8-11,20H,4,7,12-15,25H2,1H3,(H,26,34)/t20-/m1/s1. The van der Waals surface area contributed by atoms with Gasteiger partial charge in [0, 0.05) is 23.2 Å². The number of nitrogen functional groups attached to an aromatic ring is 1. The molecule has 2 heterocycles. The van der Waals surface area contributed by atoms with E-state index in [1.165, 1.54) is 4.80 Å². The van der Waals surface area contributed by atoms with Gasteiger partial charge in [-0.1, -0.05) is 46.3 Å². The zero-order valence-electron chi connectivity index (χ0n) is 18.9. The highest BCUT2D eigenvalue weighted by atomic mass is 79.9. The molecule has 2 aromatic carbocycles. The number of aromatic nitrogens is 4. The second kappa shape index (κ2) is 10.6. The number of halogens is 1. The monoisotopic (exact) mass is 526 g/mol. The molecule has 3 amide bonds. The molecule has 0 unspecified atom stereocenters. The Kier molecular flexibility index (Phi) is 7.41. The third kappa shape index (κ3) is 5.71. The largest absolute Gasteiger partial charge is 0.399 e. The molecule has 1 atom stereocenters. The summed E-state index contributed by atoms with van der Waals surface area (Å²) in [6, 6.07) is 14.8. The summed E-state index contributed by atoms with van der Waals surface area (Å²) in [7, 11) is 1.66. The van der Waals surface area contributed by atoms with Gasteiger partial charge in [0.1, 0.15) is 0 Å². The van der Waals surface area contributed by atoms with Crippen LogP contribution in [0.2, 0.25) is 0 Å². The van der Waals surface area contributed by atoms with Crippen molar-refractivity contribution in [3.05, 3.63) is 70.0 Å². The topological polar surface area (TPSA) is 122 Å². The molecule has 178 valence electrons. The molecule has 3 aromatic rings. The van der Waals surface area contributed by atoms with Crippen molar-refractivity contribution in [2.75, 3.05) is 18.8 Å². The van der Waals surface area contributed by atoms with Crippen LogP contribution in [0, 0.1) is 0 Å². The summed E-state index contributed by atoms with van der Waals surface area (Å²) in [5.74, 6) is 0.296. The number of likely N-dealkylation sites (tertiary alicyclic amines) is 1. The van der Waals surface area contributed by atoms with Crippen LogP contribution in [0.3, 0.4) is 0 Å². The van der Waals surface area contributed by atoms with Gasteiger partial charge in [0.05, 0.1) is 26.2 Å². The van der Waals surface area contributed by atoms with Gasteiger partial charge in [-0.2, -0.15) is 4.80 Å². The van der Waals surface area contributed by atoms with Crippen molar-refractivity contribution >= 4 is 33.6 Å². The quantitative estimate of drug-likeness (QED) is 0.456. The Labute approximate surface area is 206 Å². The maximum atomic E-state index is 13.1. The van der Waals surface area contributed by atoms with Crippen LogP contribution in [0.15, 0.2) is 53.0 Å². The second-order valence-corrected chi connectivity index (χ2v) is 9.07. The molecule has 1 saturated heterocycles. The number of tetrazole rings is 1. The predicted octanol–water partition coefficient (Wildman–Crippen LogP) is 2.63. The summed E-state index contributed by atoms with van der Waals surface area (Å²) < 4.78 is 0.981. The van der Waals surface area contributed by atoms with Gasteiger partial charge in [-0.05, 0) is 47.4 Å². The van der Waals surface area contributed by atoms with Gasteiger partial charge in [0.15, 0.2) is 5.82 Å². The van der Waals surface area contributed by atoms with Crippen molar-refractivity contribution in [2.24, 2.45) is 7.05 Å². The van der Waals surface area contributed by atoms with Crippen molar-refractivity contribution in [3.8, 4) is 0 Å². The number of nitrogens with one attached hydrogen (secondary N) is 1. The fraction of sp³-hybridized carbons (Fsp3) is 0.348. The van der Waals surface area contributed by atoms with E-state index < -0.39 is 0 Å². The van der Waals surface area contributed by atoms with Crippen molar-refractivity contribution < 1.29 is 9.59 Å². The SMILES string of the molecule is Cn1nnc(CN(Cc2ccc(N)cc2)C(=O)NCC(=O)N2CCC[C@@H]2c2ccccc2Br)n1. The van der Waals surface area contributed by atoms with Gasteiger partial charge >= 0.3 is 6.03 Å². The summed E-state index contributed by atoms with van der Waals surface area (Å²) in [6.07, 6.45) is 1.82. The Bertz CT molecular complexity index is 1150. The molecule has 0 bridgehead atoms. The highest BCUT2D eigenvalue weighted by Crippen LogP contribution is 2.35. The van der Waals surface area contributed by atoms with Crippen LogP contribution in [0.5, 0.6) is 0 Å². The number of amides is 3. The minimum atomic E-state index is -0.380. The fourth-order valence-corrected chi connectivity index (χ4v) is 4.65. The Morgan fingerprint density at radius 1 is 1.18 bits per heavy atom. The van der Waals surface area contributed by atoms with Gasteiger partial charge in [-0.15, -0.1) is 10.2 Å². The number of urea groups is 1. The summed E-state index contributed by atoms with van der Waals surface area (Å²) in [5.41, 5.74) is 8.40.